The molecule has 0 radical (unpaired) electrons. The maximum absolute atomic E-state index is 4.48. The summed E-state index contributed by atoms with van der Waals surface area (Å²) in [5, 5.41) is 0. The predicted molar refractivity (Wildman–Crippen MR) is 59.1 cm³/mol. The molecule has 2 nitrogen and oxygen atoms in total. The summed E-state index contributed by atoms with van der Waals surface area (Å²) < 4.78 is 2.39. The average Bonchev–Trinajstić information content (AvgIpc) is 2.75. The quantitative estimate of drug-likeness (QED) is 0.701. The van der Waals surface area contributed by atoms with Gasteiger partial charge in [0.05, 0.1) is 6.20 Å². The zero-order chi connectivity index (χ0) is 9.54. The Morgan fingerprint density at radius 3 is 3.14 bits per heavy atom. The van der Waals surface area contributed by atoms with Crippen LogP contribution in [0.5, 0.6) is 0 Å². The highest BCUT2D eigenvalue weighted by atomic mass is 32.1. The van der Waals surface area contributed by atoms with Crippen LogP contribution in [0.25, 0.3) is 4.96 Å². The van der Waals surface area contributed by atoms with Crippen molar-refractivity contribution in [3.8, 4) is 0 Å². The molecule has 0 saturated carbocycles. The minimum atomic E-state index is 1.09. The van der Waals surface area contributed by atoms with Crippen molar-refractivity contribution in [1.29, 1.82) is 0 Å². The Morgan fingerprint density at radius 1 is 1.43 bits per heavy atom. The third kappa shape index (κ3) is 1.05. The Morgan fingerprint density at radius 2 is 2.29 bits per heavy atom. The van der Waals surface area contributed by atoms with Crippen molar-refractivity contribution in [2.24, 2.45) is 0 Å². The van der Waals surface area contributed by atoms with Crippen molar-refractivity contribution in [3.05, 3.63) is 22.5 Å². The predicted octanol–water partition coefficient (Wildman–Crippen LogP) is 2.84. The van der Waals surface area contributed by atoms with Crippen molar-refractivity contribution >= 4 is 16.3 Å². The number of nitrogens with zero attached hydrogens (tertiary/aromatic N) is 2. The zero-order valence-corrected chi connectivity index (χ0v) is 9.23. The Hall–Kier alpha value is -0.830. The number of aromatic nitrogens is 2. The van der Waals surface area contributed by atoms with Crippen molar-refractivity contribution in [2.45, 2.75) is 39.0 Å². The molecule has 0 N–H and O–H groups in total. The molecule has 0 fully saturated rings. The molecule has 2 heterocycles. The fourth-order valence-corrected chi connectivity index (χ4v) is 3.50. The molecule has 3 heteroatoms. The maximum atomic E-state index is 4.48. The first-order chi connectivity index (χ1) is 6.90. The number of imidazole rings is 1. The van der Waals surface area contributed by atoms with E-state index in [-0.39, 0.29) is 0 Å². The number of thiazole rings is 1. The summed E-state index contributed by atoms with van der Waals surface area (Å²) >= 11 is 1.89. The second-order valence-corrected chi connectivity index (χ2v) is 4.96. The van der Waals surface area contributed by atoms with Crippen LogP contribution >= 0.6 is 11.3 Å². The monoisotopic (exact) mass is 206 g/mol. The Balaban J connectivity index is 2.29. The summed E-state index contributed by atoms with van der Waals surface area (Å²) in [6.07, 6.45) is 8.34. The normalized spacial score (nSPS) is 16.1. The lowest BCUT2D eigenvalue weighted by Crippen LogP contribution is -2.04. The first kappa shape index (κ1) is 8.48. The molecule has 2 aromatic heterocycles. The van der Waals surface area contributed by atoms with Crippen molar-refractivity contribution < 1.29 is 0 Å². The van der Waals surface area contributed by atoms with Crippen LogP contribution in [0.1, 0.15) is 36.0 Å². The van der Waals surface area contributed by atoms with Gasteiger partial charge in [-0.2, -0.15) is 0 Å². The lowest BCUT2D eigenvalue weighted by molar-refractivity contribution is 0.670. The molecule has 14 heavy (non-hydrogen) atoms. The Labute approximate surface area is 87.6 Å². The lowest BCUT2D eigenvalue weighted by Gasteiger charge is -2.11. The fourth-order valence-electron chi connectivity index (χ4n) is 2.30. The molecule has 0 amide bonds. The lowest BCUT2D eigenvalue weighted by atomic mass is 10.0. The molecule has 0 bridgehead atoms. The number of rotatable bonds is 1. The zero-order valence-electron chi connectivity index (χ0n) is 8.42. The van der Waals surface area contributed by atoms with E-state index in [1.54, 1.807) is 10.6 Å². The van der Waals surface area contributed by atoms with Crippen LogP contribution in [0.4, 0.5) is 0 Å². The van der Waals surface area contributed by atoms with Crippen LogP contribution in [0.3, 0.4) is 0 Å². The van der Waals surface area contributed by atoms with E-state index in [1.165, 1.54) is 36.3 Å². The van der Waals surface area contributed by atoms with E-state index in [9.17, 15) is 0 Å². The van der Waals surface area contributed by atoms with Gasteiger partial charge in [-0.15, -0.1) is 11.3 Å². The highest BCUT2D eigenvalue weighted by Crippen LogP contribution is 2.30. The van der Waals surface area contributed by atoms with Crippen molar-refractivity contribution in [2.75, 3.05) is 0 Å². The van der Waals surface area contributed by atoms with Crippen LogP contribution in [0.2, 0.25) is 0 Å². The van der Waals surface area contributed by atoms with Crippen molar-refractivity contribution in [3.63, 3.8) is 0 Å². The molecule has 3 rings (SSSR count). The molecular weight excluding hydrogens is 192 g/mol. The smallest absolute Gasteiger partial charge is 0.194 e. The topological polar surface area (TPSA) is 17.3 Å². The van der Waals surface area contributed by atoms with Gasteiger partial charge in [0.15, 0.2) is 4.96 Å². The molecule has 1 aliphatic rings. The van der Waals surface area contributed by atoms with Gasteiger partial charge in [-0.05, 0) is 32.1 Å². The summed E-state index contributed by atoms with van der Waals surface area (Å²) in [7, 11) is 0. The van der Waals surface area contributed by atoms with Gasteiger partial charge in [0.1, 0.15) is 0 Å². The number of hydrogen-bond donors (Lipinski definition) is 0. The third-order valence-corrected chi connectivity index (χ3v) is 4.20. The second kappa shape index (κ2) is 3.09. The number of hydrogen-bond acceptors (Lipinski definition) is 2. The number of aryl methyl sites for hydroxylation is 3. The molecule has 0 aromatic carbocycles. The van der Waals surface area contributed by atoms with Crippen LogP contribution in [-0.2, 0) is 19.3 Å². The van der Waals surface area contributed by atoms with E-state index in [0.29, 0.717) is 0 Å². The number of fused-ring (bicyclic) bond motifs is 3. The Kier molecular flexibility index (Phi) is 1.87. The Bertz CT molecular complexity index is 467. The van der Waals surface area contributed by atoms with Gasteiger partial charge in [0.25, 0.3) is 0 Å². The highest BCUT2D eigenvalue weighted by molar-refractivity contribution is 7.17. The van der Waals surface area contributed by atoms with Gasteiger partial charge < -0.3 is 0 Å². The highest BCUT2D eigenvalue weighted by Gasteiger charge is 2.18. The van der Waals surface area contributed by atoms with Gasteiger partial charge >= 0.3 is 0 Å². The first-order valence-corrected chi connectivity index (χ1v) is 6.18. The van der Waals surface area contributed by atoms with Gasteiger partial charge in [0.2, 0.25) is 0 Å². The third-order valence-electron chi connectivity index (χ3n) is 3.04. The van der Waals surface area contributed by atoms with E-state index < -0.39 is 0 Å². The maximum Gasteiger partial charge on any atom is 0.194 e. The van der Waals surface area contributed by atoms with Gasteiger partial charge in [-0.1, -0.05) is 6.92 Å². The molecule has 74 valence electrons. The summed E-state index contributed by atoms with van der Waals surface area (Å²) in [4.78, 5) is 7.26. The summed E-state index contributed by atoms with van der Waals surface area (Å²) in [5.41, 5.74) is 2.92. The minimum Gasteiger partial charge on any atom is -0.291 e. The largest absolute Gasteiger partial charge is 0.291 e. The fraction of sp³-hybridized carbons (Fsp3) is 0.545. The van der Waals surface area contributed by atoms with E-state index in [0.717, 1.165) is 6.42 Å². The van der Waals surface area contributed by atoms with Gasteiger partial charge in [-0.25, -0.2) is 4.98 Å². The molecule has 0 saturated heterocycles. The minimum absolute atomic E-state index is 1.09. The first-order valence-electron chi connectivity index (χ1n) is 5.37. The standard InChI is InChI=1S/C11H14N2S/c1-2-8-7-12-11-13(8)9-5-3-4-6-10(9)14-11/h7H,2-6H2,1H3. The second-order valence-electron chi connectivity index (χ2n) is 3.90. The van der Waals surface area contributed by atoms with Gasteiger partial charge in [-0.3, -0.25) is 4.40 Å². The SMILES string of the molecule is CCc1cnc2sc3c(n12)CCCC3. The van der Waals surface area contributed by atoms with E-state index in [4.69, 9.17) is 0 Å². The average molecular weight is 206 g/mol. The summed E-state index contributed by atoms with van der Waals surface area (Å²) in [6.45, 7) is 2.20. The molecule has 0 unspecified atom stereocenters. The van der Waals surface area contributed by atoms with Crippen LogP contribution in [0, 0.1) is 0 Å². The summed E-state index contributed by atoms with van der Waals surface area (Å²) in [6, 6.07) is 0. The molecule has 0 atom stereocenters. The van der Waals surface area contributed by atoms with Crippen LogP contribution in [-0.4, -0.2) is 9.38 Å². The molecule has 2 aromatic rings. The van der Waals surface area contributed by atoms with Gasteiger partial charge in [0, 0.05) is 16.3 Å². The van der Waals surface area contributed by atoms with E-state index >= 15 is 0 Å². The van der Waals surface area contributed by atoms with E-state index in [1.807, 2.05) is 17.5 Å². The van der Waals surface area contributed by atoms with Crippen LogP contribution < -0.4 is 0 Å². The van der Waals surface area contributed by atoms with E-state index in [2.05, 4.69) is 16.3 Å². The van der Waals surface area contributed by atoms with Crippen LogP contribution in [0.15, 0.2) is 6.20 Å². The van der Waals surface area contributed by atoms with Crippen molar-refractivity contribution in [1.82, 2.24) is 9.38 Å². The molecule has 1 aliphatic carbocycles. The summed E-state index contributed by atoms with van der Waals surface area (Å²) in [5.74, 6) is 0. The molecular formula is C11H14N2S. The molecule has 0 aliphatic heterocycles. The molecule has 0 spiro atoms.